The van der Waals surface area contributed by atoms with E-state index in [0.717, 1.165) is 12.5 Å². The van der Waals surface area contributed by atoms with Gasteiger partial charge in [-0.3, -0.25) is 0 Å². The van der Waals surface area contributed by atoms with Crippen molar-refractivity contribution in [2.75, 3.05) is 13.6 Å². The molecule has 1 aliphatic carbocycles. The molecule has 1 aliphatic rings. The van der Waals surface area contributed by atoms with Crippen molar-refractivity contribution in [1.29, 1.82) is 0 Å². The fraction of sp³-hybridized carbons (Fsp3) is 0.538. The fourth-order valence-electron chi connectivity index (χ4n) is 2.08. The third kappa shape index (κ3) is 3.09. The molecule has 1 saturated carbocycles. The summed E-state index contributed by atoms with van der Waals surface area (Å²) in [5.41, 5.74) is 0.592. The molecule has 6 heteroatoms. The molecule has 0 aromatic heterocycles. The summed E-state index contributed by atoms with van der Waals surface area (Å²) in [5, 5.41) is 0. The molecular formula is C13H17ClFNO2S. The van der Waals surface area contributed by atoms with Crippen LogP contribution in [0.4, 0.5) is 4.39 Å². The molecule has 19 heavy (non-hydrogen) atoms. The molecular weight excluding hydrogens is 289 g/mol. The first-order chi connectivity index (χ1) is 8.86. The van der Waals surface area contributed by atoms with Gasteiger partial charge < -0.3 is 0 Å². The van der Waals surface area contributed by atoms with Crippen molar-refractivity contribution in [2.45, 2.75) is 24.1 Å². The van der Waals surface area contributed by atoms with Crippen molar-refractivity contribution in [3.8, 4) is 0 Å². The molecule has 0 N–H and O–H groups in total. The van der Waals surface area contributed by atoms with Gasteiger partial charge in [0, 0.05) is 19.5 Å². The SMILES string of the molecule is CC1CC1CN(C)S(=O)(=O)c1cc(CCl)ccc1F. The molecule has 0 radical (unpaired) electrons. The monoisotopic (exact) mass is 305 g/mol. The Bertz CT molecular complexity index is 576. The lowest BCUT2D eigenvalue weighted by Crippen LogP contribution is -2.30. The van der Waals surface area contributed by atoms with Crippen LogP contribution < -0.4 is 0 Å². The van der Waals surface area contributed by atoms with Gasteiger partial charge in [0.25, 0.3) is 0 Å². The average Bonchev–Trinajstić information content (AvgIpc) is 3.05. The summed E-state index contributed by atoms with van der Waals surface area (Å²) in [5.74, 6) is 0.367. The highest BCUT2D eigenvalue weighted by molar-refractivity contribution is 7.89. The summed E-state index contributed by atoms with van der Waals surface area (Å²) in [6.07, 6.45) is 1.03. The van der Waals surface area contributed by atoms with E-state index in [4.69, 9.17) is 11.6 Å². The third-order valence-corrected chi connectivity index (χ3v) is 5.75. The van der Waals surface area contributed by atoms with E-state index in [1.165, 1.54) is 23.5 Å². The second-order valence-corrected chi connectivity index (χ2v) is 7.44. The number of rotatable bonds is 5. The maximum atomic E-state index is 13.7. The molecule has 2 rings (SSSR count). The molecule has 1 aromatic rings. The van der Waals surface area contributed by atoms with Gasteiger partial charge in [-0.1, -0.05) is 13.0 Å². The first-order valence-corrected chi connectivity index (χ1v) is 8.14. The topological polar surface area (TPSA) is 37.4 Å². The van der Waals surface area contributed by atoms with Crippen molar-refractivity contribution < 1.29 is 12.8 Å². The minimum atomic E-state index is -3.78. The number of hydrogen-bond donors (Lipinski definition) is 0. The van der Waals surface area contributed by atoms with Crippen LogP contribution >= 0.6 is 11.6 Å². The van der Waals surface area contributed by atoms with E-state index in [0.29, 0.717) is 23.9 Å². The van der Waals surface area contributed by atoms with Crippen molar-refractivity contribution >= 4 is 21.6 Å². The highest BCUT2D eigenvalue weighted by atomic mass is 35.5. The van der Waals surface area contributed by atoms with Crippen molar-refractivity contribution in [2.24, 2.45) is 11.8 Å². The fourth-order valence-corrected chi connectivity index (χ4v) is 3.58. The van der Waals surface area contributed by atoms with Crippen molar-refractivity contribution in [3.63, 3.8) is 0 Å². The highest BCUT2D eigenvalue weighted by Crippen LogP contribution is 2.38. The lowest BCUT2D eigenvalue weighted by molar-refractivity contribution is 0.440. The zero-order valence-electron chi connectivity index (χ0n) is 10.9. The predicted octanol–water partition coefficient (Wildman–Crippen LogP) is 2.84. The molecule has 0 aliphatic heterocycles. The van der Waals surface area contributed by atoms with E-state index in [-0.39, 0.29) is 10.8 Å². The van der Waals surface area contributed by atoms with Gasteiger partial charge in [0.05, 0.1) is 0 Å². The smallest absolute Gasteiger partial charge is 0.207 e. The number of benzene rings is 1. The van der Waals surface area contributed by atoms with Gasteiger partial charge in [-0.05, 0) is 36.0 Å². The molecule has 106 valence electrons. The Morgan fingerprint density at radius 3 is 2.63 bits per heavy atom. The predicted molar refractivity (Wildman–Crippen MR) is 73.0 cm³/mol. The van der Waals surface area contributed by atoms with E-state index >= 15 is 0 Å². The van der Waals surface area contributed by atoms with Gasteiger partial charge in [0.1, 0.15) is 10.7 Å². The first kappa shape index (κ1) is 14.8. The Balaban J connectivity index is 2.27. The molecule has 2 atom stereocenters. The first-order valence-electron chi connectivity index (χ1n) is 6.17. The number of hydrogen-bond acceptors (Lipinski definition) is 2. The summed E-state index contributed by atoms with van der Waals surface area (Å²) in [6, 6.07) is 3.95. The highest BCUT2D eigenvalue weighted by Gasteiger charge is 2.36. The minimum Gasteiger partial charge on any atom is -0.207 e. The Labute approximate surface area is 118 Å². The molecule has 3 nitrogen and oxygen atoms in total. The van der Waals surface area contributed by atoms with Crippen LogP contribution in [0.2, 0.25) is 0 Å². The van der Waals surface area contributed by atoms with E-state index in [2.05, 4.69) is 6.92 Å². The van der Waals surface area contributed by atoms with Crippen LogP contribution in [0.15, 0.2) is 23.1 Å². The lowest BCUT2D eigenvalue weighted by Gasteiger charge is -2.18. The van der Waals surface area contributed by atoms with E-state index in [1.54, 1.807) is 0 Å². The summed E-state index contributed by atoms with van der Waals surface area (Å²) in [6.45, 7) is 2.52. The van der Waals surface area contributed by atoms with E-state index < -0.39 is 15.8 Å². The second kappa shape index (κ2) is 5.38. The maximum Gasteiger partial charge on any atom is 0.245 e. The van der Waals surface area contributed by atoms with Gasteiger partial charge in [0.15, 0.2) is 0 Å². The van der Waals surface area contributed by atoms with Gasteiger partial charge in [-0.15, -0.1) is 11.6 Å². The third-order valence-electron chi connectivity index (χ3n) is 3.61. The largest absolute Gasteiger partial charge is 0.245 e. The Kier molecular flexibility index (Phi) is 4.18. The van der Waals surface area contributed by atoms with Crippen LogP contribution in [0.3, 0.4) is 0 Å². The van der Waals surface area contributed by atoms with E-state index in [9.17, 15) is 12.8 Å². The summed E-state index contributed by atoms with van der Waals surface area (Å²) >= 11 is 5.66. The minimum absolute atomic E-state index is 0.159. The van der Waals surface area contributed by atoms with Gasteiger partial charge in [-0.25, -0.2) is 17.1 Å². The van der Waals surface area contributed by atoms with Crippen LogP contribution in [0.1, 0.15) is 18.9 Å². The number of halogens is 2. The van der Waals surface area contributed by atoms with Crippen LogP contribution in [0.5, 0.6) is 0 Å². The number of alkyl halides is 1. The van der Waals surface area contributed by atoms with Crippen LogP contribution in [-0.2, 0) is 15.9 Å². The van der Waals surface area contributed by atoms with Gasteiger partial charge in [0.2, 0.25) is 10.0 Å². The maximum absolute atomic E-state index is 13.7. The molecule has 0 spiro atoms. The molecule has 1 fully saturated rings. The van der Waals surface area contributed by atoms with E-state index in [1.807, 2.05) is 0 Å². The van der Waals surface area contributed by atoms with Crippen molar-refractivity contribution in [3.05, 3.63) is 29.6 Å². The number of nitrogens with zero attached hydrogens (tertiary/aromatic N) is 1. The quantitative estimate of drug-likeness (QED) is 0.785. The summed E-state index contributed by atoms with van der Waals surface area (Å²) in [7, 11) is -2.29. The second-order valence-electron chi connectivity index (χ2n) is 5.16. The molecule has 2 unspecified atom stereocenters. The number of sulfonamides is 1. The van der Waals surface area contributed by atoms with Gasteiger partial charge >= 0.3 is 0 Å². The molecule has 0 amide bonds. The van der Waals surface area contributed by atoms with Crippen LogP contribution in [-0.4, -0.2) is 26.3 Å². The zero-order chi connectivity index (χ0) is 14.2. The molecule has 0 saturated heterocycles. The standard InChI is InChI=1S/C13H17ClFNO2S/c1-9-5-11(9)8-16(2)19(17,18)13-6-10(7-14)3-4-12(13)15/h3-4,6,9,11H,5,7-8H2,1-2H3. The van der Waals surface area contributed by atoms with Crippen LogP contribution in [0.25, 0.3) is 0 Å². The Hall–Kier alpha value is -0.650. The summed E-state index contributed by atoms with van der Waals surface area (Å²) < 4.78 is 39.6. The van der Waals surface area contributed by atoms with Crippen LogP contribution in [0, 0.1) is 17.7 Å². The molecule has 0 heterocycles. The summed E-state index contributed by atoms with van der Waals surface area (Å²) in [4.78, 5) is -0.290. The molecule has 1 aromatic carbocycles. The Morgan fingerprint density at radius 2 is 2.11 bits per heavy atom. The Morgan fingerprint density at radius 1 is 1.47 bits per heavy atom. The van der Waals surface area contributed by atoms with Gasteiger partial charge in [-0.2, -0.15) is 0 Å². The normalized spacial score (nSPS) is 22.8. The van der Waals surface area contributed by atoms with Crippen molar-refractivity contribution in [1.82, 2.24) is 4.31 Å². The zero-order valence-corrected chi connectivity index (χ0v) is 12.5. The molecule has 0 bridgehead atoms. The average molecular weight is 306 g/mol. The lowest BCUT2D eigenvalue weighted by atomic mass is 10.2.